The second-order valence-corrected chi connectivity index (χ2v) is 5.10. The molecule has 0 aromatic heterocycles. The van der Waals surface area contributed by atoms with Gasteiger partial charge in [0.2, 0.25) is 0 Å². The van der Waals surface area contributed by atoms with E-state index in [0.29, 0.717) is 23.8 Å². The van der Waals surface area contributed by atoms with Crippen LogP contribution in [0, 0.1) is 11.7 Å². The second kappa shape index (κ2) is 5.97. The zero-order valence-corrected chi connectivity index (χ0v) is 11.3. The Balaban J connectivity index is 1.98. The summed E-state index contributed by atoms with van der Waals surface area (Å²) in [4.78, 5) is 14.2. The van der Waals surface area contributed by atoms with Gasteiger partial charge in [0.25, 0.3) is 0 Å². The molecule has 2 rings (SSSR count). The van der Waals surface area contributed by atoms with E-state index in [-0.39, 0.29) is 17.8 Å². The average molecular weight is 281 g/mol. The molecule has 0 aliphatic carbocycles. The van der Waals surface area contributed by atoms with Crippen molar-refractivity contribution >= 4 is 28.9 Å². The van der Waals surface area contributed by atoms with Crippen molar-refractivity contribution in [3.05, 3.63) is 30.1 Å². The van der Waals surface area contributed by atoms with Gasteiger partial charge in [0.05, 0.1) is 4.99 Å². The van der Waals surface area contributed by atoms with Crippen LogP contribution in [0.1, 0.15) is 12.8 Å². The van der Waals surface area contributed by atoms with E-state index < -0.39 is 0 Å². The van der Waals surface area contributed by atoms with Gasteiger partial charge >= 0.3 is 6.03 Å². The van der Waals surface area contributed by atoms with Gasteiger partial charge in [-0.1, -0.05) is 18.3 Å². The fraction of sp³-hybridized carbons (Fsp3) is 0.385. The highest BCUT2D eigenvalue weighted by atomic mass is 32.1. The normalized spacial score (nSPS) is 19.0. The molecule has 1 aliphatic rings. The number of halogens is 1. The first kappa shape index (κ1) is 13.7. The first-order valence-corrected chi connectivity index (χ1v) is 6.58. The molecule has 1 unspecified atom stereocenters. The van der Waals surface area contributed by atoms with Gasteiger partial charge in [-0.3, -0.25) is 0 Å². The second-order valence-electron chi connectivity index (χ2n) is 4.63. The average Bonchev–Trinajstić information content (AvgIpc) is 2.39. The van der Waals surface area contributed by atoms with Gasteiger partial charge in [0.1, 0.15) is 5.82 Å². The number of anilines is 1. The number of hydrogen-bond acceptors (Lipinski definition) is 2. The minimum atomic E-state index is -0.377. The third kappa shape index (κ3) is 3.64. The number of likely N-dealkylation sites (tertiary alicyclic amines) is 1. The van der Waals surface area contributed by atoms with Crippen LogP contribution in [0.25, 0.3) is 0 Å². The van der Waals surface area contributed by atoms with Crippen molar-refractivity contribution < 1.29 is 9.18 Å². The zero-order chi connectivity index (χ0) is 13.8. The zero-order valence-electron chi connectivity index (χ0n) is 10.4. The van der Waals surface area contributed by atoms with Gasteiger partial charge < -0.3 is 16.0 Å². The van der Waals surface area contributed by atoms with E-state index in [1.165, 1.54) is 12.1 Å². The molecule has 1 aromatic rings. The first-order valence-electron chi connectivity index (χ1n) is 6.17. The number of nitrogens with two attached hydrogens (primary N) is 1. The lowest BCUT2D eigenvalue weighted by molar-refractivity contribution is 0.191. The number of carbonyl (C=O) groups excluding carboxylic acids is 1. The van der Waals surface area contributed by atoms with Crippen LogP contribution in [-0.2, 0) is 0 Å². The number of piperidine rings is 1. The van der Waals surface area contributed by atoms with Crippen molar-refractivity contribution in [3.63, 3.8) is 0 Å². The first-order chi connectivity index (χ1) is 9.06. The third-order valence-corrected chi connectivity index (χ3v) is 3.52. The predicted octanol–water partition coefficient (Wildman–Crippen LogP) is 2.36. The molecule has 0 bridgehead atoms. The number of nitrogens with zero attached hydrogens (tertiary/aromatic N) is 1. The number of hydrogen-bond donors (Lipinski definition) is 2. The fourth-order valence-corrected chi connectivity index (χ4v) is 2.35. The Morgan fingerprint density at radius 1 is 1.53 bits per heavy atom. The van der Waals surface area contributed by atoms with E-state index >= 15 is 0 Å². The molecular formula is C13H16FN3OS. The fourth-order valence-electron chi connectivity index (χ4n) is 2.16. The summed E-state index contributed by atoms with van der Waals surface area (Å²) >= 11 is 4.97. The number of urea groups is 1. The summed E-state index contributed by atoms with van der Waals surface area (Å²) in [6.07, 6.45) is 1.79. The topological polar surface area (TPSA) is 58.4 Å². The molecule has 4 nitrogen and oxygen atoms in total. The number of carbonyl (C=O) groups is 1. The standard InChI is InChI=1S/C13H16FN3OS/c14-10-4-1-5-11(7-10)16-13(18)17-6-2-3-9(8-17)12(15)19/h1,4-5,7,9H,2-3,6,8H2,(H2,15,19)(H,16,18). The van der Waals surface area contributed by atoms with Gasteiger partial charge in [0, 0.05) is 24.7 Å². The minimum absolute atomic E-state index is 0.0713. The molecular weight excluding hydrogens is 265 g/mol. The van der Waals surface area contributed by atoms with E-state index in [9.17, 15) is 9.18 Å². The van der Waals surface area contributed by atoms with Crippen LogP contribution >= 0.6 is 12.2 Å². The number of benzene rings is 1. The Morgan fingerprint density at radius 3 is 3.00 bits per heavy atom. The Morgan fingerprint density at radius 2 is 2.32 bits per heavy atom. The molecule has 2 amide bonds. The molecule has 0 saturated carbocycles. The van der Waals surface area contributed by atoms with Crippen molar-refractivity contribution in [2.45, 2.75) is 12.8 Å². The van der Waals surface area contributed by atoms with Crippen LogP contribution in [0.5, 0.6) is 0 Å². The molecule has 6 heteroatoms. The summed E-state index contributed by atoms with van der Waals surface area (Å²) in [5.74, 6) is -0.306. The Labute approximate surface area is 116 Å². The molecule has 19 heavy (non-hydrogen) atoms. The van der Waals surface area contributed by atoms with Gasteiger partial charge in [-0.15, -0.1) is 0 Å². The van der Waals surface area contributed by atoms with Gasteiger partial charge in [0.15, 0.2) is 0 Å². The molecule has 0 spiro atoms. The van der Waals surface area contributed by atoms with Crippen LogP contribution in [-0.4, -0.2) is 29.0 Å². The molecule has 1 heterocycles. The molecule has 1 aliphatic heterocycles. The summed E-state index contributed by atoms with van der Waals surface area (Å²) in [5.41, 5.74) is 6.07. The van der Waals surface area contributed by atoms with E-state index in [1.807, 2.05) is 0 Å². The maximum atomic E-state index is 13.0. The van der Waals surface area contributed by atoms with Crippen LogP contribution in [0.3, 0.4) is 0 Å². The monoisotopic (exact) mass is 281 g/mol. The van der Waals surface area contributed by atoms with Crippen molar-refractivity contribution in [1.29, 1.82) is 0 Å². The Hall–Kier alpha value is -1.69. The molecule has 1 saturated heterocycles. The quantitative estimate of drug-likeness (QED) is 0.818. The van der Waals surface area contributed by atoms with Crippen LogP contribution in [0.2, 0.25) is 0 Å². The van der Waals surface area contributed by atoms with Gasteiger partial charge in [-0.25, -0.2) is 9.18 Å². The number of amides is 2. The van der Waals surface area contributed by atoms with Crippen LogP contribution < -0.4 is 11.1 Å². The Bertz CT molecular complexity index is 495. The van der Waals surface area contributed by atoms with Crippen LogP contribution in [0.15, 0.2) is 24.3 Å². The third-order valence-electron chi connectivity index (χ3n) is 3.19. The number of rotatable bonds is 2. The van der Waals surface area contributed by atoms with Crippen molar-refractivity contribution in [1.82, 2.24) is 4.90 Å². The lowest BCUT2D eigenvalue weighted by Crippen LogP contribution is -2.45. The summed E-state index contributed by atoms with van der Waals surface area (Å²) in [5, 5.41) is 2.67. The van der Waals surface area contributed by atoms with E-state index in [0.717, 1.165) is 12.8 Å². The van der Waals surface area contributed by atoms with Gasteiger partial charge in [-0.2, -0.15) is 0 Å². The number of thiocarbonyl (C=S) groups is 1. The van der Waals surface area contributed by atoms with Gasteiger partial charge in [-0.05, 0) is 31.0 Å². The molecule has 1 aromatic carbocycles. The molecule has 1 atom stereocenters. The molecule has 0 radical (unpaired) electrons. The summed E-state index contributed by atoms with van der Waals surface area (Å²) in [7, 11) is 0. The molecule has 102 valence electrons. The smallest absolute Gasteiger partial charge is 0.321 e. The van der Waals surface area contributed by atoms with E-state index in [1.54, 1.807) is 17.0 Å². The summed E-state index contributed by atoms with van der Waals surface area (Å²) in [6, 6.07) is 5.58. The van der Waals surface area contributed by atoms with Crippen LogP contribution in [0.4, 0.5) is 14.9 Å². The molecule has 3 N–H and O–H groups in total. The summed E-state index contributed by atoms with van der Waals surface area (Å²) < 4.78 is 13.0. The highest BCUT2D eigenvalue weighted by Crippen LogP contribution is 2.18. The minimum Gasteiger partial charge on any atom is -0.393 e. The lowest BCUT2D eigenvalue weighted by Gasteiger charge is -2.32. The highest BCUT2D eigenvalue weighted by molar-refractivity contribution is 7.80. The summed E-state index contributed by atoms with van der Waals surface area (Å²) in [6.45, 7) is 1.19. The largest absolute Gasteiger partial charge is 0.393 e. The Kier molecular flexibility index (Phi) is 4.31. The van der Waals surface area contributed by atoms with Crippen molar-refractivity contribution in [2.75, 3.05) is 18.4 Å². The van der Waals surface area contributed by atoms with Crippen molar-refractivity contribution in [3.8, 4) is 0 Å². The van der Waals surface area contributed by atoms with E-state index in [4.69, 9.17) is 18.0 Å². The highest BCUT2D eigenvalue weighted by Gasteiger charge is 2.25. The van der Waals surface area contributed by atoms with E-state index in [2.05, 4.69) is 5.32 Å². The molecule has 1 fully saturated rings. The predicted molar refractivity (Wildman–Crippen MR) is 76.5 cm³/mol. The number of nitrogens with one attached hydrogen (secondary N) is 1. The maximum absolute atomic E-state index is 13.0. The maximum Gasteiger partial charge on any atom is 0.321 e. The van der Waals surface area contributed by atoms with Crippen molar-refractivity contribution in [2.24, 2.45) is 11.7 Å². The lowest BCUT2D eigenvalue weighted by atomic mass is 9.98. The SMILES string of the molecule is NC(=S)C1CCCN(C(=O)Nc2cccc(F)c2)C1.